The molecule has 2 aromatic carbocycles. The molecule has 0 spiro atoms. The fourth-order valence-electron chi connectivity index (χ4n) is 6.07. The molecule has 2 fully saturated rings. The van der Waals surface area contributed by atoms with Crippen molar-refractivity contribution in [2.75, 3.05) is 18.4 Å². The molecular weight excluding hydrogens is 466 g/mol. The van der Waals surface area contributed by atoms with Crippen molar-refractivity contribution in [2.45, 2.75) is 57.8 Å². The summed E-state index contributed by atoms with van der Waals surface area (Å²) in [5.74, 6) is -0.268. The number of rotatable bonds is 4. The molecule has 6 rings (SSSR count). The van der Waals surface area contributed by atoms with Gasteiger partial charge in [-0.05, 0) is 35.6 Å². The Labute approximate surface area is 216 Å². The van der Waals surface area contributed by atoms with E-state index in [1.54, 1.807) is 0 Å². The van der Waals surface area contributed by atoms with E-state index in [0.29, 0.717) is 25.2 Å². The van der Waals surface area contributed by atoms with E-state index in [2.05, 4.69) is 21.7 Å². The maximum absolute atomic E-state index is 13.8. The summed E-state index contributed by atoms with van der Waals surface area (Å²) in [5.41, 5.74) is 3.04. The molecule has 8 heteroatoms. The number of aromatic nitrogens is 1. The van der Waals surface area contributed by atoms with Crippen LogP contribution >= 0.6 is 0 Å². The van der Waals surface area contributed by atoms with Crippen molar-refractivity contribution >= 4 is 34.3 Å². The van der Waals surface area contributed by atoms with Gasteiger partial charge in [0, 0.05) is 36.1 Å². The van der Waals surface area contributed by atoms with Gasteiger partial charge in [0.2, 0.25) is 11.8 Å². The van der Waals surface area contributed by atoms with E-state index in [9.17, 15) is 14.4 Å². The lowest BCUT2D eigenvalue weighted by atomic mass is 9.85. The molecule has 8 nitrogen and oxygen atoms in total. The first-order chi connectivity index (χ1) is 17.7. The Kier molecular flexibility index (Phi) is 5.51. The minimum absolute atomic E-state index is 0.0111. The monoisotopic (exact) mass is 499 g/mol. The zero-order valence-electron chi connectivity index (χ0n) is 21.5. The Morgan fingerprint density at radius 2 is 1.68 bits per heavy atom. The number of likely N-dealkylation sites (tertiary alicyclic amines) is 2. The first-order valence-electron chi connectivity index (χ1n) is 13.0. The van der Waals surface area contributed by atoms with Crippen LogP contribution in [0.1, 0.15) is 43.2 Å². The van der Waals surface area contributed by atoms with Crippen LogP contribution in [0.15, 0.2) is 54.6 Å². The first kappa shape index (κ1) is 23.6. The second-order valence-corrected chi connectivity index (χ2v) is 11.6. The molecule has 2 bridgehead atoms. The van der Waals surface area contributed by atoms with Crippen molar-refractivity contribution in [3.8, 4) is 0 Å². The van der Waals surface area contributed by atoms with Crippen LogP contribution < -0.4 is 10.6 Å². The summed E-state index contributed by atoms with van der Waals surface area (Å²) in [6.07, 6.45) is 1.47. The second-order valence-electron chi connectivity index (χ2n) is 11.6. The summed E-state index contributed by atoms with van der Waals surface area (Å²) in [7, 11) is 0. The van der Waals surface area contributed by atoms with E-state index in [4.69, 9.17) is 0 Å². The third-order valence-electron chi connectivity index (χ3n) is 8.04. The number of piperazine rings is 1. The van der Waals surface area contributed by atoms with Crippen LogP contribution in [-0.2, 0) is 16.0 Å². The predicted octanol–water partition coefficient (Wildman–Crippen LogP) is 3.16. The highest BCUT2D eigenvalue weighted by molar-refractivity contribution is 6.00. The number of anilines is 1. The highest BCUT2D eigenvalue weighted by Gasteiger charge is 2.50. The summed E-state index contributed by atoms with van der Waals surface area (Å²) < 4.78 is 0. The normalized spacial score (nSPS) is 23.2. The van der Waals surface area contributed by atoms with Crippen molar-refractivity contribution in [1.29, 1.82) is 0 Å². The van der Waals surface area contributed by atoms with Crippen molar-refractivity contribution in [1.82, 2.24) is 20.1 Å². The number of aromatic amines is 1. The number of H-pyrrole nitrogens is 1. The third-order valence-corrected chi connectivity index (χ3v) is 8.04. The van der Waals surface area contributed by atoms with E-state index in [0.717, 1.165) is 23.0 Å². The smallest absolute Gasteiger partial charge is 0.268 e. The lowest BCUT2D eigenvalue weighted by Gasteiger charge is -2.39. The molecule has 3 aliphatic heterocycles. The lowest BCUT2D eigenvalue weighted by Crippen LogP contribution is -2.60. The maximum atomic E-state index is 13.8. The topological polar surface area (TPSA) is 97.5 Å². The Balaban J connectivity index is 1.13. The number of hydrogen-bond acceptors (Lipinski definition) is 4. The van der Waals surface area contributed by atoms with Gasteiger partial charge in [-0.25, -0.2) is 0 Å². The Bertz CT molecular complexity index is 1330. The molecular formula is C29H33N5O3. The van der Waals surface area contributed by atoms with Gasteiger partial charge < -0.3 is 25.4 Å². The molecule has 0 aliphatic carbocycles. The number of carbonyl (C=O) groups is 3. The van der Waals surface area contributed by atoms with Gasteiger partial charge in [0.25, 0.3) is 5.91 Å². The quantitative estimate of drug-likeness (QED) is 0.514. The summed E-state index contributed by atoms with van der Waals surface area (Å²) in [5, 5.41) is 7.33. The van der Waals surface area contributed by atoms with Gasteiger partial charge in [-0.15, -0.1) is 0 Å². The van der Waals surface area contributed by atoms with Crippen LogP contribution in [-0.4, -0.2) is 69.8 Å². The number of hydrogen-bond donors (Lipinski definition) is 3. The largest absolute Gasteiger partial charge is 0.373 e. The van der Waals surface area contributed by atoms with Crippen LogP contribution in [0.25, 0.3) is 10.9 Å². The maximum Gasteiger partial charge on any atom is 0.268 e. The second kappa shape index (κ2) is 8.64. The fraction of sp³-hybridized carbons (Fsp3) is 0.414. The Morgan fingerprint density at radius 3 is 2.38 bits per heavy atom. The summed E-state index contributed by atoms with van der Waals surface area (Å²) >= 11 is 0. The number of fused-ring (bicyclic) bond motifs is 4. The summed E-state index contributed by atoms with van der Waals surface area (Å²) in [6.45, 7) is 6.94. The number of nitrogens with zero attached hydrogens (tertiary/aromatic N) is 2. The highest BCUT2D eigenvalue weighted by atomic mass is 16.2. The van der Waals surface area contributed by atoms with E-state index < -0.39 is 11.5 Å². The van der Waals surface area contributed by atoms with E-state index in [1.807, 2.05) is 79.1 Å². The molecule has 3 amide bonds. The molecule has 3 N–H and O–H groups in total. The molecule has 37 heavy (non-hydrogen) atoms. The number of amides is 3. The van der Waals surface area contributed by atoms with Gasteiger partial charge in [0.15, 0.2) is 0 Å². The third kappa shape index (κ3) is 4.14. The molecule has 0 saturated carbocycles. The van der Waals surface area contributed by atoms with Gasteiger partial charge in [-0.1, -0.05) is 57.2 Å². The van der Waals surface area contributed by atoms with Gasteiger partial charge >= 0.3 is 0 Å². The predicted molar refractivity (Wildman–Crippen MR) is 142 cm³/mol. The molecule has 1 aromatic heterocycles. The minimum Gasteiger partial charge on any atom is -0.373 e. The summed E-state index contributed by atoms with van der Waals surface area (Å²) in [4.78, 5) is 47.3. The van der Waals surface area contributed by atoms with Crippen molar-refractivity contribution in [2.24, 2.45) is 5.41 Å². The zero-order valence-corrected chi connectivity index (χ0v) is 21.5. The number of para-hydroxylation sites is 2. The SMILES string of the molecule is CC(C)(C)[C@H](NC(=O)c1cc2ccccc2[nH]1)C(=O)N1C[C@@H]2C[C@H]1CN2C(=O)[C@H]1Cc2ccccc2N1. The Morgan fingerprint density at radius 1 is 0.973 bits per heavy atom. The van der Waals surface area contributed by atoms with Crippen molar-refractivity contribution < 1.29 is 14.4 Å². The highest BCUT2D eigenvalue weighted by Crippen LogP contribution is 2.35. The standard InChI is InChI=1S/C29H33N5O3/c1-29(2,3)25(32-26(35)23-12-17-8-4-6-10-21(17)30-23)28(37)34-16-19-14-20(34)15-33(19)27(36)24-13-18-9-5-7-11-22(18)31-24/h4-12,19-20,24-25,30-31H,13-16H2,1-3H3,(H,32,35)/t19-,20-,24+,25+/m0/s1. The zero-order chi connectivity index (χ0) is 25.9. The average Bonchev–Trinajstić information content (AvgIpc) is 3.66. The molecule has 3 aliphatic rings. The van der Waals surface area contributed by atoms with Crippen LogP contribution in [0, 0.1) is 5.41 Å². The van der Waals surface area contributed by atoms with Crippen molar-refractivity contribution in [3.63, 3.8) is 0 Å². The number of carbonyl (C=O) groups excluding carboxylic acids is 3. The van der Waals surface area contributed by atoms with Gasteiger partial charge in [-0.2, -0.15) is 0 Å². The molecule has 4 atom stereocenters. The van der Waals surface area contributed by atoms with Gasteiger partial charge in [0.1, 0.15) is 17.8 Å². The number of nitrogens with one attached hydrogen (secondary N) is 3. The van der Waals surface area contributed by atoms with E-state index in [1.165, 1.54) is 5.56 Å². The molecule has 2 saturated heterocycles. The molecule has 3 aromatic rings. The van der Waals surface area contributed by atoms with Crippen LogP contribution in [0.2, 0.25) is 0 Å². The molecule has 0 radical (unpaired) electrons. The molecule has 0 unspecified atom stereocenters. The average molecular weight is 500 g/mol. The molecule has 4 heterocycles. The fourth-order valence-corrected chi connectivity index (χ4v) is 6.07. The van der Waals surface area contributed by atoms with Crippen LogP contribution in [0.5, 0.6) is 0 Å². The summed E-state index contributed by atoms with van der Waals surface area (Å²) in [6, 6.07) is 16.6. The lowest BCUT2D eigenvalue weighted by molar-refractivity contribution is -0.142. The van der Waals surface area contributed by atoms with Gasteiger partial charge in [-0.3, -0.25) is 14.4 Å². The van der Waals surface area contributed by atoms with Crippen LogP contribution in [0.4, 0.5) is 5.69 Å². The first-order valence-corrected chi connectivity index (χ1v) is 13.0. The Hall–Kier alpha value is -3.81. The van der Waals surface area contributed by atoms with Crippen molar-refractivity contribution in [3.05, 3.63) is 65.9 Å². The number of benzene rings is 2. The van der Waals surface area contributed by atoms with E-state index in [-0.39, 0.29) is 35.8 Å². The van der Waals surface area contributed by atoms with Crippen LogP contribution in [0.3, 0.4) is 0 Å². The van der Waals surface area contributed by atoms with E-state index >= 15 is 0 Å². The van der Waals surface area contributed by atoms with Gasteiger partial charge in [0.05, 0.1) is 12.1 Å². The molecule has 192 valence electrons. The minimum atomic E-state index is -0.680.